The highest BCUT2D eigenvalue weighted by Crippen LogP contribution is 2.24. The maximum absolute atomic E-state index is 11.9. The lowest BCUT2D eigenvalue weighted by Crippen LogP contribution is -2.25. The second-order valence-corrected chi connectivity index (χ2v) is 6.49. The fourth-order valence-corrected chi connectivity index (χ4v) is 3.54. The molecule has 1 aromatic rings. The molecule has 0 radical (unpaired) electrons. The van der Waals surface area contributed by atoms with Crippen LogP contribution in [0.4, 0.5) is 0 Å². The molecule has 0 spiro atoms. The van der Waals surface area contributed by atoms with Crippen LogP contribution in [0.15, 0.2) is 27.6 Å². The Morgan fingerprint density at radius 3 is 2.53 bits per heavy atom. The van der Waals surface area contributed by atoms with E-state index in [0.717, 1.165) is 22.9 Å². The minimum absolute atomic E-state index is 0.147. The molecule has 0 heterocycles. The van der Waals surface area contributed by atoms with Crippen molar-refractivity contribution in [2.45, 2.75) is 30.7 Å². The second-order valence-electron chi connectivity index (χ2n) is 3.86. The quantitative estimate of drug-likeness (QED) is 0.927. The van der Waals surface area contributed by atoms with Crippen LogP contribution in [0.25, 0.3) is 0 Å². The van der Waals surface area contributed by atoms with Crippen LogP contribution >= 0.6 is 15.9 Å². The lowest BCUT2D eigenvalue weighted by atomic mass is 10.2. The molecule has 0 saturated heterocycles. The van der Waals surface area contributed by atoms with Crippen LogP contribution in [0.5, 0.6) is 0 Å². The van der Waals surface area contributed by atoms with Gasteiger partial charge in [-0.25, -0.2) is 13.1 Å². The van der Waals surface area contributed by atoms with Crippen molar-refractivity contribution in [3.05, 3.63) is 28.2 Å². The first-order valence-corrected chi connectivity index (χ1v) is 7.04. The zero-order chi connectivity index (χ0) is 11.1. The predicted octanol–water partition coefficient (Wildman–Crippen LogP) is 2.20. The van der Waals surface area contributed by atoms with E-state index in [-0.39, 0.29) is 6.04 Å². The van der Waals surface area contributed by atoms with Gasteiger partial charge in [-0.05, 0) is 43.5 Å². The first kappa shape index (κ1) is 11.1. The smallest absolute Gasteiger partial charge is 0.208 e. The van der Waals surface area contributed by atoms with Gasteiger partial charge in [0, 0.05) is 10.5 Å². The topological polar surface area (TPSA) is 46.2 Å². The lowest BCUT2D eigenvalue weighted by Gasteiger charge is -2.06. The van der Waals surface area contributed by atoms with Crippen LogP contribution in [-0.4, -0.2) is 14.5 Å². The third-order valence-electron chi connectivity index (χ3n) is 2.23. The summed E-state index contributed by atoms with van der Waals surface area (Å²) >= 11 is 3.30. The number of aryl methyl sites for hydroxylation is 1. The summed E-state index contributed by atoms with van der Waals surface area (Å²) in [5.41, 5.74) is 0.931. The van der Waals surface area contributed by atoms with Gasteiger partial charge < -0.3 is 0 Å². The van der Waals surface area contributed by atoms with Crippen LogP contribution in [-0.2, 0) is 10.0 Å². The number of hydrogen-bond acceptors (Lipinski definition) is 2. The third kappa shape index (κ3) is 2.80. The molecule has 2 rings (SSSR count). The summed E-state index contributed by atoms with van der Waals surface area (Å²) in [6, 6.07) is 5.33. The van der Waals surface area contributed by atoms with Crippen molar-refractivity contribution < 1.29 is 8.42 Å². The third-order valence-corrected chi connectivity index (χ3v) is 4.18. The summed E-state index contributed by atoms with van der Waals surface area (Å²) in [5, 5.41) is 0. The lowest BCUT2D eigenvalue weighted by molar-refractivity contribution is 0.581. The van der Waals surface area contributed by atoms with Gasteiger partial charge in [-0.15, -0.1) is 0 Å². The van der Waals surface area contributed by atoms with Gasteiger partial charge in [0.05, 0.1) is 4.90 Å². The Kier molecular flexibility index (Phi) is 2.87. The van der Waals surface area contributed by atoms with Crippen LogP contribution in [0.2, 0.25) is 0 Å². The fraction of sp³-hybridized carbons (Fsp3) is 0.400. The average molecular weight is 290 g/mol. The minimum atomic E-state index is -3.32. The number of hydrogen-bond donors (Lipinski definition) is 1. The van der Waals surface area contributed by atoms with Crippen molar-refractivity contribution in [3.8, 4) is 0 Å². The zero-order valence-electron chi connectivity index (χ0n) is 8.33. The summed E-state index contributed by atoms with van der Waals surface area (Å²) in [7, 11) is -3.32. The molecular formula is C10H12BrNO2S. The van der Waals surface area contributed by atoms with Crippen LogP contribution in [0.1, 0.15) is 18.4 Å². The van der Waals surface area contributed by atoms with Gasteiger partial charge >= 0.3 is 0 Å². The molecule has 0 unspecified atom stereocenters. The van der Waals surface area contributed by atoms with Gasteiger partial charge in [0.25, 0.3) is 0 Å². The van der Waals surface area contributed by atoms with Gasteiger partial charge in [0.2, 0.25) is 10.0 Å². The Morgan fingerprint density at radius 2 is 2.00 bits per heavy atom. The molecule has 1 aromatic carbocycles. The molecule has 1 aliphatic rings. The van der Waals surface area contributed by atoms with E-state index in [2.05, 4.69) is 20.7 Å². The van der Waals surface area contributed by atoms with Crippen molar-refractivity contribution >= 4 is 26.0 Å². The summed E-state index contributed by atoms with van der Waals surface area (Å²) in [6.45, 7) is 1.88. The molecule has 1 saturated carbocycles. The number of halogens is 1. The first-order valence-electron chi connectivity index (χ1n) is 4.77. The Morgan fingerprint density at radius 1 is 1.33 bits per heavy atom. The molecule has 82 valence electrons. The van der Waals surface area contributed by atoms with Crippen molar-refractivity contribution in [2.24, 2.45) is 0 Å². The number of rotatable bonds is 3. The number of sulfonamides is 1. The van der Waals surface area contributed by atoms with Crippen molar-refractivity contribution in [2.75, 3.05) is 0 Å². The van der Waals surface area contributed by atoms with Gasteiger partial charge in [-0.3, -0.25) is 0 Å². The highest BCUT2D eigenvalue weighted by atomic mass is 79.9. The van der Waals surface area contributed by atoms with E-state index in [1.807, 2.05) is 13.0 Å². The van der Waals surface area contributed by atoms with Gasteiger partial charge in [-0.1, -0.05) is 15.9 Å². The molecule has 3 nitrogen and oxygen atoms in total. The van der Waals surface area contributed by atoms with E-state index in [1.54, 1.807) is 12.1 Å². The average Bonchev–Trinajstić information content (AvgIpc) is 2.85. The Balaban J connectivity index is 2.34. The molecule has 1 fully saturated rings. The molecule has 0 amide bonds. The van der Waals surface area contributed by atoms with Gasteiger partial charge in [0.15, 0.2) is 0 Å². The van der Waals surface area contributed by atoms with Gasteiger partial charge in [-0.2, -0.15) is 0 Å². The predicted molar refractivity (Wildman–Crippen MR) is 62.2 cm³/mol. The molecule has 0 atom stereocenters. The molecule has 15 heavy (non-hydrogen) atoms. The summed E-state index contributed by atoms with van der Waals surface area (Å²) in [6.07, 6.45) is 1.90. The molecular weight excluding hydrogens is 278 g/mol. The Hall–Kier alpha value is -0.390. The maximum Gasteiger partial charge on any atom is 0.240 e. The standard InChI is InChI=1S/C10H12BrNO2S/c1-7-4-8(11)6-10(5-7)15(13,14)12-9-2-3-9/h4-6,9,12H,2-3H2,1H3. The Bertz CT molecular complexity index is 460. The number of benzene rings is 1. The summed E-state index contributed by atoms with van der Waals surface area (Å²) in [5.74, 6) is 0. The van der Waals surface area contributed by atoms with Crippen molar-refractivity contribution in [3.63, 3.8) is 0 Å². The molecule has 0 bridgehead atoms. The summed E-state index contributed by atoms with van der Waals surface area (Å²) in [4.78, 5) is 0.335. The van der Waals surface area contributed by atoms with Crippen LogP contribution in [0, 0.1) is 6.92 Å². The van der Waals surface area contributed by atoms with E-state index >= 15 is 0 Å². The largest absolute Gasteiger partial charge is 0.240 e. The molecule has 1 N–H and O–H groups in total. The zero-order valence-corrected chi connectivity index (χ0v) is 10.7. The van der Waals surface area contributed by atoms with Crippen molar-refractivity contribution in [1.82, 2.24) is 4.72 Å². The molecule has 5 heteroatoms. The van der Waals surface area contributed by atoms with E-state index in [1.165, 1.54) is 0 Å². The highest BCUT2D eigenvalue weighted by Gasteiger charge is 2.28. The van der Waals surface area contributed by atoms with E-state index < -0.39 is 10.0 Å². The Labute approximate surface area is 98.1 Å². The molecule has 0 aliphatic heterocycles. The summed E-state index contributed by atoms with van der Waals surface area (Å²) < 4.78 is 27.2. The van der Waals surface area contributed by atoms with Crippen molar-refractivity contribution in [1.29, 1.82) is 0 Å². The highest BCUT2D eigenvalue weighted by molar-refractivity contribution is 9.10. The minimum Gasteiger partial charge on any atom is -0.208 e. The first-order chi connectivity index (χ1) is 6.97. The molecule has 0 aromatic heterocycles. The molecule has 1 aliphatic carbocycles. The van der Waals surface area contributed by atoms with Crippen LogP contribution in [0.3, 0.4) is 0 Å². The van der Waals surface area contributed by atoms with E-state index in [4.69, 9.17) is 0 Å². The monoisotopic (exact) mass is 289 g/mol. The second kappa shape index (κ2) is 3.88. The SMILES string of the molecule is Cc1cc(Br)cc(S(=O)(=O)NC2CC2)c1. The van der Waals surface area contributed by atoms with E-state index in [9.17, 15) is 8.42 Å². The van der Waals surface area contributed by atoms with Crippen LogP contribution < -0.4 is 4.72 Å². The normalized spacial score (nSPS) is 16.7. The maximum atomic E-state index is 11.9. The van der Waals surface area contributed by atoms with E-state index in [0.29, 0.717) is 4.90 Å². The van der Waals surface area contributed by atoms with Gasteiger partial charge in [0.1, 0.15) is 0 Å². The number of nitrogens with one attached hydrogen (secondary N) is 1. The fourth-order valence-electron chi connectivity index (χ4n) is 1.35.